The summed E-state index contributed by atoms with van der Waals surface area (Å²) in [5, 5.41) is 10.7. The van der Waals surface area contributed by atoms with Crippen molar-refractivity contribution in [1.29, 1.82) is 0 Å². The fraction of sp³-hybridized carbons (Fsp3) is 0.552. The van der Waals surface area contributed by atoms with E-state index in [1.165, 1.54) is 22.3 Å². The van der Waals surface area contributed by atoms with Gasteiger partial charge in [-0.1, -0.05) is 37.3 Å². The molecule has 1 N–H and O–H groups in total. The predicted molar refractivity (Wildman–Crippen MR) is 140 cm³/mol. The summed E-state index contributed by atoms with van der Waals surface area (Å²) >= 11 is 0. The molecule has 1 fully saturated rings. The second kappa shape index (κ2) is 12.5. The van der Waals surface area contributed by atoms with Crippen LogP contribution in [0.3, 0.4) is 0 Å². The third kappa shape index (κ3) is 7.29. The molecule has 2 heterocycles. The van der Waals surface area contributed by atoms with Crippen LogP contribution in [0.4, 0.5) is 0 Å². The maximum absolute atomic E-state index is 11.8. The van der Waals surface area contributed by atoms with E-state index in [2.05, 4.69) is 66.1 Å². The van der Waals surface area contributed by atoms with Crippen LogP contribution in [0.5, 0.6) is 5.75 Å². The summed E-state index contributed by atoms with van der Waals surface area (Å²) in [6, 6.07) is 14.8. The monoisotopic (exact) mass is 479 g/mol. The number of fused-ring (bicyclic) bond motifs is 1. The minimum absolute atomic E-state index is 0.275. The first-order valence-electron chi connectivity index (χ1n) is 13.2. The van der Waals surface area contributed by atoms with E-state index in [-0.39, 0.29) is 6.10 Å². The van der Waals surface area contributed by atoms with Crippen LogP contribution in [-0.4, -0.2) is 84.2 Å². The zero-order valence-corrected chi connectivity index (χ0v) is 21.4. The molecule has 2 aromatic rings. The van der Waals surface area contributed by atoms with E-state index in [1.54, 1.807) is 4.90 Å². The summed E-state index contributed by atoms with van der Waals surface area (Å²) in [6.45, 7) is 10.9. The third-order valence-corrected chi connectivity index (χ3v) is 7.55. The Hall–Kier alpha value is -2.41. The number of carbonyl (C=O) groups excluding carboxylic acids is 1. The van der Waals surface area contributed by atoms with Crippen molar-refractivity contribution in [3.63, 3.8) is 0 Å². The van der Waals surface area contributed by atoms with Crippen LogP contribution in [0.1, 0.15) is 42.0 Å². The van der Waals surface area contributed by atoms with Crippen molar-refractivity contribution in [2.24, 2.45) is 0 Å². The number of carbonyl (C=O) groups is 1. The molecule has 0 bridgehead atoms. The molecule has 1 amide bonds. The van der Waals surface area contributed by atoms with Gasteiger partial charge >= 0.3 is 0 Å². The molecule has 0 aliphatic carbocycles. The highest BCUT2D eigenvalue weighted by Gasteiger charge is 2.21. The number of likely N-dealkylation sites (tertiary alicyclic amines) is 1. The molecule has 2 aromatic carbocycles. The minimum Gasteiger partial charge on any atom is -0.490 e. The van der Waals surface area contributed by atoms with Crippen LogP contribution in [0.2, 0.25) is 0 Å². The molecule has 35 heavy (non-hydrogen) atoms. The Morgan fingerprint density at radius 1 is 1.11 bits per heavy atom. The number of benzene rings is 2. The first-order valence-corrected chi connectivity index (χ1v) is 13.2. The zero-order valence-electron chi connectivity index (χ0n) is 21.4. The molecule has 190 valence electrons. The maximum atomic E-state index is 11.8. The van der Waals surface area contributed by atoms with Gasteiger partial charge in [-0.15, -0.1) is 0 Å². The van der Waals surface area contributed by atoms with Crippen LogP contribution in [0.25, 0.3) is 0 Å². The molecule has 1 unspecified atom stereocenters. The first-order chi connectivity index (χ1) is 17.0. The fourth-order valence-corrected chi connectivity index (χ4v) is 5.31. The number of piperidine rings is 1. The number of ether oxygens (including phenoxy) is 1. The van der Waals surface area contributed by atoms with Crippen LogP contribution in [0.15, 0.2) is 42.5 Å². The predicted octanol–water partition coefficient (Wildman–Crippen LogP) is 3.28. The Morgan fingerprint density at radius 2 is 1.89 bits per heavy atom. The first kappa shape index (κ1) is 25.7. The summed E-state index contributed by atoms with van der Waals surface area (Å²) < 4.78 is 6.30. The smallest absolute Gasteiger partial charge is 0.209 e. The average Bonchev–Trinajstić information content (AvgIpc) is 2.88. The van der Waals surface area contributed by atoms with E-state index < -0.39 is 6.10 Å². The van der Waals surface area contributed by atoms with Crippen LogP contribution < -0.4 is 4.74 Å². The molecule has 0 saturated carbocycles. The van der Waals surface area contributed by atoms with Gasteiger partial charge in [0.05, 0.1) is 6.10 Å². The number of aryl methyl sites for hydroxylation is 1. The number of hydrogen-bond donors (Lipinski definition) is 1. The molecule has 2 aliphatic heterocycles. The van der Waals surface area contributed by atoms with Crippen LogP contribution >= 0.6 is 0 Å². The van der Waals surface area contributed by atoms with Gasteiger partial charge in [0.25, 0.3) is 0 Å². The van der Waals surface area contributed by atoms with E-state index in [0.29, 0.717) is 19.6 Å². The van der Waals surface area contributed by atoms with Crippen molar-refractivity contribution in [1.82, 2.24) is 14.7 Å². The second-order valence-electron chi connectivity index (χ2n) is 10.1. The number of aliphatic hydroxyl groups is 1. The van der Waals surface area contributed by atoms with Crippen LogP contribution in [0, 0.1) is 6.92 Å². The molecular weight excluding hydrogens is 438 g/mol. The fourth-order valence-electron chi connectivity index (χ4n) is 5.31. The van der Waals surface area contributed by atoms with Crippen molar-refractivity contribution < 1.29 is 14.6 Å². The molecule has 0 spiro atoms. The van der Waals surface area contributed by atoms with E-state index in [4.69, 9.17) is 4.74 Å². The van der Waals surface area contributed by atoms with Crippen molar-refractivity contribution in [3.05, 3.63) is 64.7 Å². The minimum atomic E-state index is -0.560. The summed E-state index contributed by atoms with van der Waals surface area (Å²) in [4.78, 5) is 18.2. The van der Waals surface area contributed by atoms with Gasteiger partial charge in [0.15, 0.2) is 0 Å². The number of β-amino-alcohol motifs (C(OH)–C–C–N with tert-alkyl or cyclic N) is 1. The van der Waals surface area contributed by atoms with Gasteiger partial charge in [0.2, 0.25) is 6.41 Å². The van der Waals surface area contributed by atoms with Gasteiger partial charge in [0.1, 0.15) is 11.9 Å². The lowest BCUT2D eigenvalue weighted by atomic mass is 10.00. The number of rotatable bonds is 11. The lowest BCUT2D eigenvalue weighted by Crippen LogP contribution is -2.42. The highest BCUT2D eigenvalue weighted by molar-refractivity contribution is 5.47. The van der Waals surface area contributed by atoms with Gasteiger partial charge in [-0.3, -0.25) is 9.69 Å². The van der Waals surface area contributed by atoms with E-state index in [0.717, 1.165) is 70.6 Å². The number of aliphatic hydroxyl groups excluding tert-OH is 1. The zero-order chi connectivity index (χ0) is 24.6. The molecule has 4 rings (SSSR count). The Labute approximate surface area is 210 Å². The molecule has 1 atom stereocenters. The second-order valence-corrected chi connectivity index (χ2v) is 10.1. The highest BCUT2D eigenvalue weighted by Crippen LogP contribution is 2.23. The molecule has 0 aromatic heterocycles. The normalized spacial score (nSPS) is 18.1. The molecule has 6 nitrogen and oxygen atoms in total. The topological polar surface area (TPSA) is 56.3 Å². The summed E-state index contributed by atoms with van der Waals surface area (Å²) in [7, 11) is 0. The van der Waals surface area contributed by atoms with Gasteiger partial charge in [-0.2, -0.15) is 0 Å². The Kier molecular flexibility index (Phi) is 9.18. The lowest BCUT2D eigenvalue weighted by molar-refractivity contribution is -0.119. The highest BCUT2D eigenvalue weighted by atomic mass is 16.5. The Bertz CT molecular complexity index is 958. The largest absolute Gasteiger partial charge is 0.490 e. The third-order valence-electron chi connectivity index (χ3n) is 7.55. The van der Waals surface area contributed by atoms with Gasteiger partial charge in [-0.25, -0.2) is 0 Å². The van der Waals surface area contributed by atoms with Crippen molar-refractivity contribution >= 4 is 6.41 Å². The van der Waals surface area contributed by atoms with Crippen molar-refractivity contribution in [3.8, 4) is 5.75 Å². The van der Waals surface area contributed by atoms with Crippen LogP contribution in [-0.2, 0) is 24.2 Å². The number of hydrogen-bond acceptors (Lipinski definition) is 5. The number of nitrogens with zero attached hydrogens (tertiary/aromatic N) is 3. The summed E-state index contributed by atoms with van der Waals surface area (Å²) in [6.07, 6.45) is 4.47. The van der Waals surface area contributed by atoms with Gasteiger partial charge in [-0.05, 0) is 73.5 Å². The molecule has 6 heteroatoms. The van der Waals surface area contributed by atoms with Gasteiger partial charge in [0, 0.05) is 45.8 Å². The lowest BCUT2D eigenvalue weighted by Gasteiger charge is -2.31. The number of amides is 1. The van der Waals surface area contributed by atoms with Crippen molar-refractivity contribution in [2.45, 2.75) is 58.3 Å². The van der Waals surface area contributed by atoms with Gasteiger partial charge < -0.3 is 19.6 Å². The van der Waals surface area contributed by atoms with Crippen molar-refractivity contribution in [2.75, 3.05) is 45.8 Å². The maximum Gasteiger partial charge on any atom is 0.209 e. The summed E-state index contributed by atoms with van der Waals surface area (Å²) in [5.74, 6) is 0.920. The molecule has 1 saturated heterocycles. The average molecular weight is 480 g/mol. The Morgan fingerprint density at radius 3 is 2.63 bits per heavy atom. The quantitative estimate of drug-likeness (QED) is 0.502. The molecule has 2 aliphatic rings. The molecular formula is C29H41N3O3. The molecule has 0 radical (unpaired) electrons. The standard InChI is InChI=1S/C29H41N3O3/c1-3-30-16-12-28(13-17-30)35-29-9-8-23(2)25(18-29)11-15-32(22-33)21-27(34)20-31-14-10-24-6-4-5-7-26(24)19-31/h4-9,18,22,27-28,34H,3,10-17,19-21H2,1-2H3. The van der Waals surface area contributed by atoms with E-state index in [9.17, 15) is 9.90 Å². The van der Waals surface area contributed by atoms with E-state index >= 15 is 0 Å². The van der Waals surface area contributed by atoms with E-state index in [1.807, 2.05) is 0 Å². The SMILES string of the molecule is CCN1CCC(Oc2ccc(C)c(CCN(C=O)CC(O)CN3CCc4ccccc4C3)c2)CC1. The summed E-state index contributed by atoms with van der Waals surface area (Å²) in [5.41, 5.74) is 5.14. The Balaban J connectivity index is 1.25.